The zero-order valence-electron chi connectivity index (χ0n) is 15.9. The highest BCUT2D eigenvalue weighted by atomic mass is 16.7. The largest absolute Gasteiger partial charge is 0.490 e. The minimum absolute atomic E-state index is 0.209. The summed E-state index contributed by atoms with van der Waals surface area (Å²) in [6.07, 6.45) is 3.33. The smallest absolute Gasteiger partial charge is 0.400 e. The van der Waals surface area contributed by atoms with Crippen LogP contribution < -0.4 is 0 Å². The van der Waals surface area contributed by atoms with Crippen LogP contribution in [0.2, 0.25) is 0 Å². The number of benzene rings is 1. The summed E-state index contributed by atoms with van der Waals surface area (Å²) in [4.78, 5) is 2.55. The van der Waals surface area contributed by atoms with Crippen LogP contribution >= 0.6 is 0 Å². The molecule has 4 heteroatoms. The van der Waals surface area contributed by atoms with Gasteiger partial charge in [0.2, 0.25) is 0 Å². The molecule has 2 atom stereocenters. The average Bonchev–Trinajstić information content (AvgIpc) is 2.72. The molecule has 0 amide bonds. The lowest BCUT2D eigenvalue weighted by Gasteiger charge is -2.38. The maximum Gasteiger partial charge on any atom is 0.490 e. The Bertz CT molecular complexity index is 595. The molecule has 2 aliphatic heterocycles. The van der Waals surface area contributed by atoms with Crippen molar-refractivity contribution in [3.8, 4) is 0 Å². The summed E-state index contributed by atoms with van der Waals surface area (Å²) in [5, 5.41) is 0. The van der Waals surface area contributed by atoms with Crippen molar-refractivity contribution in [2.45, 2.75) is 77.8 Å². The van der Waals surface area contributed by atoms with Crippen molar-refractivity contribution in [1.29, 1.82) is 0 Å². The van der Waals surface area contributed by atoms with Crippen LogP contribution in [0.5, 0.6) is 0 Å². The summed E-state index contributed by atoms with van der Waals surface area (Å²) in [6, 6.07) is 11.5. The van der Waals surface area contributed by atoms with Gasteiger partial charge in [-0.25, -0.2) is 0 Å². The highest BCUT2D eigenvalue weighted by molar-refractivity contribution is 6.54. The van der Waals surface area contributed by atoms with E-state index in [9.17, 15) is 0 Å². The van der Waals surface area contributed by atoms with Crippen molar-refractivity contribution in [2.24, 2.45) is 0 Å². The zero-order valence-corrected chi connectivity index (χ0v) is 15.9. The first kappa shape index (κ1) is 17.7. The predicted octanol–water partition coefficient (Wildman–Crippen LogP) is 4.23. The Morgan fingerprint density at radius 3 is 2.17 bits per heavy atom. The van der Waals surface area contributed by atoms with Gasteiger partial charge in [0.15, 0.2) is 0 Å². The zero-order chi connectivity index (χ0) is 17.5. The van der Waals surface area contributed by atoms with Gasteiger partial charge < -0.3 is 9.31 Å². The molecule has 2 aliphatic rings. The summed E-state index contributed by atoms with van der Waals surface area (Å²) in [5.41, 5.74) is 2.11. The van der Waals surface area contributed by atoms with E-state index in [1.807, 2.05) is 0 Å². The van der Waals surface area contributed by atoms with E-state index in [2.05, 4.69) is 82.9 Å². The van der Waals surface area contributed by atoms with Gasteiger partial charge in [0.05, 0.1) is 11.2 Å². The van der Waals surface area contributed by atoms with Gasteiger partial charge in [-0.2, -0.15) is 0 Å². The van der Waals surface area contributed by atoms with Gasteiger partial charge in [-0.15, -0.1) is 0 Å². The second-order valence-electron chi connectivity index (χ2n) is 8.28. The van der Waals surface area contributed by atoms with Gasteiger partial charge in [0, 0.05) is 18.6 Å². The van der Waals surface area contributed by atoms with Gasteiger partial charge in [-0.1, -0.05) is 36.4 Å². The van der Waals surface area contributed by atoms with Crippen molar-refractivity contribution in [3.05, 3.63) is 47.4 Å². The third kappa shape index (κ3) is 3.33. The Labute approximate surface area is 147 Å². The van der Waals surface area contributed by atoms with E-state index < -0.39 is 0 Å². The molecule has 0 spiro atoms. The van der Waals surface area contributed by atoms with E-state index in [1.54, 1.807) is 0 Å². The molecule has 0 saturated carbocycles. The van der Waals surface area contributed by atoms with Gasteiger partial charge in [-0.05, 0) is 59.0 Å². The number of nitrogens with zero attached hydrogens (tertiary/aromatic N) is 1. The molecule has 0 N–H and O–H groups in total. The third-order valence-electron chi connectivity index (χ3n) is 5.84. The number of hydrogen-bond donors (Lipinski definition) is 0. The summed E-state index contributed by atoms with van der Waals surface area (Å²) < 4.78 is 12.5. The number of hydrogen-bond acceptors (Lipinski definition) is 3. The molecule has 2 heterocycles. The molecule has 0 radical (unpaired) electrons. The van der Waals surface area contributed by atoms with Crippen molar-refractivity contribution in [2.75, 3.05) is 0 Å². The lowest BCUT2D eigenvalue weighted by atomic mass is 9.72. The van der Waals surface area contributed by atoms with Crippen molar-refractivity contribution >= 4 is 7.12 Å². The molecule has 24 heavy (non-hydrogen) atoms. The fourth-order valence-corrected chi connectivity index (χ4v) is 3.60. The first-order valence-electron chi connectivity index (χ1n) is 9.05. The first-order valence-corrected chi connectivity index (χ1v) is 9.05. The predicted molar refractivity (Wildman–Crippen MR) is 99.7 cm³/mol. The molecular formula is C20H30BNO2. The molecular weight excluding hydrogens is 297 g/mol. The molecule has 0 unspecified atom stereocenters. The minimum atomic E-state index is -0.272. The molecule has 130 valence electrons. The van der Waals surface area contributed by atoms with Gasteiger partial charge >= 0.3 is 7.12 Å². The molecule has 1 fully saturated rings. The maximum atomic E-state index is 6.24. The minimum Gasteiger partial charge on any atom is -0.400 e. The molecule has 0 bridgehead atoms. The second-order valence-corrected chi connectivity index (χ2v) is 8.28. The quantitative estimate of drug-likeness (QED) is 0.776. The Morgan fingerprint density at radius 2 is 1.62 bits per heavy atom. The van der Waals surface area contributed by atoms with Crippen LogP contribution in [-0.2, 0) is 15.9 Å². The molecule has 0 aliphatic carbocycles. The molecule has 3 rings (SSSR count). The van der Waals surface area contributed by atoms with E-state index in [1.165, 1.54) is 11.0 Å². The molecule has 1 saturated heterocycles. The van der Waals surface area contributed by atoms with Crippen molar-refractivity contribution in [3.63, 3.8) is 0 Å². The normalized spacial score (nSPS) is 29.6. The van der Waals surface area contributed by atoms with Crippen molar-refractivity contribution in [1.82, 2.24) is 4.90 Å². The van der Waals surface area contributed by atoms with Gasteiger partial charge in [0.25, 0.3) is 0 Å². The number of rotatable bonds is 3. The highest BCUT2D eigenvalue weighted by Gasteiger charge is 2.52. The molecule has 1 aromatic carbocycles. The SMILES string of the molecule is C[C@@H]1C=C(B2OC(C)(C)C(C)(C)O2)C[C@@H](C)N1Cc1ccccc1. The summed E-state index contributed by atoms with van der Waals surface area (Å²) in [7, 11) is -0.209. The summed E-state index contributed by atoms with van der Waals surface area (Å²) in [5.74, 6) is 0. The fourth-order valence-electron chi connectivity index (χ4n) is 3.60. The lowest BCUT2D eigenvalue weighted by Crippen LogP contribution is -2.44. The Kier molecular flexibility index (Phi) is 4.67. The van der Waals surface area contributed by atoms with Crippen LogP contribution in [0.15, 0.2) is 41.9 Å². The maximum absolute atomic E-state index is 6.24. The van der Waals surface area contributed by atoms with Crippen LogP contribution in [0.4, 0.5) is 0 Å². The monoisotopic (exact) mass is 327 g/mol. The lowest BCUT2D eigenvalue weighted by molar-refractivity contribution is 0.00578. The Hall–Kier alpha value is -1.10. The van der Waals surface area contributed by atoms with Crippen LogP contribution in [0.25, 0.3) is 0 Å². The Balaban J connectivity index is 1.74. The van der Waals surface area contributed by atoms with Crippen molar-refractivity contribution < 1.29 is 9.31 Å². The first-order chi connectivity index (χ1) is 11.2. The van der Waals surface area contributed by atoms with Crippen LogP contribution in [0.3, 0.4) is 0 Å². The van der Waals surface area contributed by atoms with Gasteiger partial charge in [0.1, 0.15) is 0 Å². The van der Waals surface area contributed by atoms with Gasteiger partial charge in [-0.3, -0.25) is 4.90 Å². The highest BCUT2D eigenvalue weighted by Crippen LogP contribution is 2.40. The average molecular weight is 327 g/mol. The van der Waals surface area contributed by atoms with Crippen LogP contribution in [0, 0.1) is 0 Å². The fraction of sp³-hybridized carbons (Fsp3) is 0.600. The second kappa shape index (κ2) is 6.32. The van der Waals surface area contributed by atoms with E-state index in [0.717, 1.165) is 13.0 Å². The topological polar surface area (TPSA) is 21.7 Å². The standard InChI is InChI=1S/C20H30BNO2/c1-15-12-18(21-23-19(3,4)20(5,6)24-21)13-16(2)22(15)14-17-10-8-7-9-11-17/h7-12,15-16H,13-14H2,1-6H3/t15-,16-/m1/s1. The molecule has 0 aromatic heterocycles. The van der Waals surface area contributed by atoms with E-state index in [-0.39, 0.29) is 18.3 Å². The van der Waals surface area contributed by atoms with E-state index in [0.29, 0.717) is 12.1 Å². The summed E-state index contributed by atoms with van der Waals surface area (Å²) in [6.45, 7) is 14.0. The molecule has 1 aromatic rings. The Morgan fingerprint density at radius 1 is 1.04 bits per heavy atom. The van der Waals surface area contributed by atoms with E-state index >= 15 is 0 Å². The van der Waals surface area contributed by atoms with Crippen LogP contribution in [-0.4, -0.2) is 35.3 Å². The van der Waals surface area contributed by atoms with Crippen LogP contribution in [0.1, 0.15) is 53.5 Å². The van der Waals surface area contributed by atoms with E-state index in [4.69, 9.17) is 9.31 Å². The third-order valence-corrected chi connectivity index (χ3v) is 5.84. The molecule has 3 nitrogen and oxygen atoms in total. The summed E-state index contributed by atoms with van der Waals surface area (Å²) >= 11 is 0.